The number of aryl methyl sites for hydroxylation is 1. The van der Waals surface area contributed by atoms with E-state index in [9.17, 15) is 14.0 Å². The highest BCUT2D eigenvalue weighted by atomic mass is 35.5. The van der Waals surface area contributed by atoms with Crippen molar-refractivity contribution < 1.29 is 18.4 Å². The molecule has 23 heavy (non-hydrogen) atoms. The number of furan rings is 1. The molecule has 1 saturated heterocycles. The molecule has 3 rings (SSSR count). The van der Waals surface area contributed by atoms with Crippen molar-refractivity contribution in [2.24, 2.45) is 0 Å². The van der Waals surface area contributed by atoms with E-state index in [1.54, 1.807) is 19.1 Å². The van der Waals surface area contributed by atoms with Gasteiger partial charge in [0.1, 0.15) is 17.3 Å². The summed E-state index contributed by atoms with van der Waals surface area (Å²) in [7, 11) is 0. The number of hydrogen-bond donors (Lipinski definition) is 0. The van der Waals surface area contributed by atoms with Crippen LogP contribution in [0, 0.1) is 12.7 Å². The van der Waals surface area contributed by atoms with Gasteiger partial charge >= 0.3 is 0 Å². The smallest absolute Gasteiger partial charge is 0.293 e. The van der Waals surface area contributed by atoms with E-state index in [0.29, 0.717) is 11.5 Å². The van der Waals surface area contributed by atoms with Crippen molar-refractivity contribution in [2.75, 3.05) is 0 Å². The van der Waals surface area contributed by atoms with Gasteiger partial charge in [-0.25, -0.2) is 4.39 Å². The zero-order chi connectivity index (χ0) is 16.6. The Balaban J connectivity index is 1.86. The molecule has 118 valence electrons. The maximum atomic E-state index is 13.8. The first-order chi connectivity index (χ1) is 11.0. The monoisotopic (exact) mass is 351 g/mol. The molecule has 1 fully saturated rings. The van der Waals surface area contributed by atoms with Crippen molar-refractivity contribution in [3.05, 3.63) is 63.2 Å². The Morgan fingerprint density at radius 3 is 2.74 bits per heavy atom. The third kappa shape index (κ3) is 3.18. The highest BCUT2D eigenvalue weighted by molar-refractivity contribution is 8.18. The predicted octanol–water partition coefficient (Wildman–Crippen LogP) is 4.62. The summed E-state index contributed by atoms with van der Waals surface area (Å²) in [6, 6.07) is 7.68. The maximum absolute atomic E-state index is 13.8. The molecule has 4 nitrogen and oxygen atoms in total. The first-order valence-corrected chi connectivity index (χ1v) is 7.90. The van der Waals surface area contributed by atoms with E-state index >= 15 is 0 Å². The molecule has 0 N–H and O–H groups in total. The number of hydrogen-bond acceptors (Lipinski definition) is 4. The normalized spacial score (nSPS) is 16.7. The molecule has 0 aliphatic carbocycles. The third-order valence-corrected chi connectivity index (χ3v) is 4.55. The average molecular weight is 352 g/mol. The fourth-order valence-electron chi connectivity index (χ4n) is 2.14. The number of amides is 2. The number of thioether (sulfide) groups is 1. The summed E-state index contributed by atoms with van der Waals surface area (Å²) in [5.74, 6) is 0.140. The number of carbonyl (C=O) groups is 2. The van der Waals surface area contributed by atoms with Gasteiger partial charge in [0, 0.05) is 16.7 Å². The van der Waals surface area contributed by atoms with Crippen LogP contribution in [0.2, 0.25) is 5.02 Å². The topological polar surface area (TPSA) is 50.5 Å². The van der Waals surface area contributed by atoms with Gasteiger partial charge < -0.3 is 4.42 Å². The lowest BCUT2D eigenvalue weighted by Gasteiger charge is -2.14. The van der Waals surface area contributed by atoms with Gasteiger partial charge in [-0.15, -0.1) is 0 Å². The number of benzene rings is 1. The Hall–Kier alpha value is -2.05. The number of imide groups is 1. The Morgan fingerprint density at radius 1 is 1.30 bits per heavy atom. The highest BCUT2D eigenvalue weighted by Gasteiger charge is 2.36. The molecule has 2 amide bonds. The molecule has 7 heteroatoms. The second-order valence-electron chi connectivity index (χ2n) is 4.92. The largest absolute Gasteiger partial charge is 0.462 e. The van der Waals surface area contributed by atoms with Crippen LogP contribution in [0.4, 0.5) is 9.18 Å². The van der Waals surface area contributed by atoms with E-state index in [-0.39, 0.29) is 22.0 Å². The summed E-state index contributed by atoms with van der Waals surface area (Å²) in [6.45, 7) is 1.58. The molecular weight excluding hydrogens is 341 g/mol. The van der Waals surface area contributed by atoms with Crippen molar-refractivity contribution in [2.45, 2.75) is 13.5 Å². The number of rotatable bonds is 3. The zero-order valence-electron chi connectivity index (χ0n) is 12.0. The molecule has 1 aromatic heterocycles. The lowest BCUT2D eigenvalue weighted by atomic mass is 10.2. The molecule has 2 aromatic rings. The fraction of sp³-hybridized carbons (Fsp3) is 0.125. The van der Waals surface area contributed by atoms with E-state index in [0.717, 1.165) is 16.7 Å². The van der Waals surface area contributed by atoms with Crippen LogP contribution >= 0.6 is 23.4 Å². The molecule has 1 aromatic carbocycles. The molecular formula is C16H11ClFNO3S. The molecule has 0 saturated carbocycles. The first-order valence-electron chi connectivity index (χ1n) is 6.70. The minimum Gasteiger partial charge on any atom is -0.462 e. The van der Waals surface area contributed by atoms with E-state index < -0.39 is 17.0 Å². The van der Waals surface area contributed by atoms with Crippen LogP contribution in [0.15, 0.2) is 39.7 Å². The molecule has 0 radical (unpaired) electrons. The third-order valence-electron chi connectivity index (χ3n) is 3.29. The van der Waals surface area contributed by atoms with Gasteiger partial charge in [-0.2, -0.15) is 0 Å². The summed E-state index contributed by atoms with van der Waals surface area (Å²) >= 11 is 6.74. The summed E-state index contributed by atoms with van der Waals surface area (Å²) in [5.41, 5.74) is 0.117. The highest BCUT2D eigenvalue weighted by Crippen LogP contribution is 2.34. The van der Waals surface area contributed by atoms with Gasteiger partial charge in [0.2, 0.25) is 0 Å². The van der Waals surface area contributed by atoms with Crippen molar-refractivity contribution in [3.8, 4) is 0 Å². The van der Waals surface area contributed by atoms with Gasteiger partial charge in [-0.1, -0.05) is 17.7 Å². The van der Waals surface area contributed by atoms with E-state index in [2.05, 4.69) is 0 Å². The van der Waals surface area contributed by atoms with Gasteiger partial charge in [0.05, 0.1) is 11.4 Å². The molecule has 1 aliphatic rings. The Kier molecular flexibility index (Phi) is 4.28. The number of carbonyl (C=O) groups excluding carboxylic acids is 2. The van der Waals surface area contributed by atoms with Crippen LogP contribution < -0.4 is 0 Å². The van der Waals surface area contributed by atoms with Crippen molar-refractivity contribution in [1.82, 2.24) is 4.90 Å². The lowest BCUT2D eigenvalue weighted by Crippen LogP contribution is -2.28. The molecule has 0 spiro atoms. The van der Waals surface area contributed by atoms with E-state index in [1.165, 1.54) is 24.3 Å². The van der Waals surface area contributed by atoms with E-state index in [4.69, 9.17) is 16.0 Å². The zero-order valence-corrected chi connectivity index (χ0v) is 13.6. The summed E-state index contributed by atoms with van der Waals surface area (Å²) < 4.78 is 19.2. The quantitative estimate of drug-likeness (QED) is 0.757. The predicted molar refractivity (Wildman–Crippen MR) is 86.4 cm³/mol. The van der Waals surface area contributed by atoms with Crippen LogP contribution in [-0.2, 0) is 11.3 Å². The van der Waals surface area contributed by atoms with E-state index in [1.807, 2.05) is 0 Å². The molecule has 0 bridgehead atoms. The first kappa shape index (κ1) is 15.8. The minimum atomic E-state index is -0.554. The molecule has 1 aliphatic heterocycles. The lowest BCUT2D eigenvalue weighted by molar-refractivity contribution is -0.123. The second-order valence-corrected chi connectivity index (χ2v) is 6.32. The Bertz CT molecular complexity index is 810. The summed E-state index contributed by atoms with van der Waals surface area (Å²) in [4.78, 5) is 25.6. The Morgan fingerprint density at radius 2 is 2.09 bits per heavy atom. The SMILES string of the molecule is Cc1ccc(/C=C2\SC(=O)N(Cc3c(F)cccc3Cl)C2=O)o1. The number of halogens is 2. The van der Waals surface area contributed by atoms with Crippen LogP contribution in [0.25, 0.3) is 6.08 Å². The van der Waals surface area contributed by atoms with Crippen LogP contribution in [0.5, 0.6) is 0 Å². The minimum absolute atomic E-state index is 0.117. The summed E-state index contributed by atoms with van der Waals surface area (Å²) in [5, 5.41) is -0.293. The summed E-state index contributed by atoms with van der Waals surface area (Å²) in [6.07, 6.45) is 1.50. The average Bonchev–Trinajstić information content (AvgIpc) is 3.01. The van der Waals surface area contributed by atoms with Crippen LogP contribution in [0.1, 0.15) is 17.1 Å². The van der Waals surface area contributed by atoms with Crippen molar-refractivity contribution in [3.63, 3.8) is 0 Å². The van der Waals surface area contributed by atoms with Crippen LogP contribution in [-0.4, -0.2) is 16.0 Å². The number of nitrogens with zero attached hydrogens (tertiary/aromatic N) is 1. The van der Waals surface area contributed by atoms with Crippen molar-refractivity contribution in [1.29, 1.82) is 0 Å². The maximum Gasteiger partial charge on any atom is 0.293 e. The van der Waals surface area contributed by atoms with Gasteiger partial charge in [0.25, 0.3) is 11.1 Å². The van der Waals surface area contributed by atoms with Gasteiger partial charge in [-0.05, 0) is 43.0 Å². The standard InChI is InChI=1S/C16H11ClFNO3S/c1-9-5-6-10(22-9)7-14-15(20)19(16(21)23-14)8-11-12(17)3-2-4-13(11)18/h2-7H,8H2,1H3/b14-7-. The Labute approximate surface area is 140 Å². The fourth-order valence-corrected chi connectivity index (χ4v) is 3.18. The van der Waals surface area contributed by atoms with Gasteiger partial charge in [0.15, 0.2) is 0 Å². The molecule has 0 unspecified atom stereocenters. The van der Waals surface area contributed by atoms with Gasteiger partial charge in [-0.3, -0.25) is 14.5 Å². The second kappa shape index (κ2) is 6.22. The van der Waals surface area contributed by atoms with Crippen LogP contribution in [0.3, 0.4) is 0 Å². The molecule has 0 atom stereocenters. The van der Waals surface area contributed by atoms with Crippen molar-refractivity contribution >= 4 is 40.6 Å². The molecule has 2 heterocycles.